The summed E-state index contributed by atoms with van der Waals surface area (Å²) < 4.78 is 11.3. The Hall–Kier alpha value is -0.770. The first-order valence-corrected chi connectivity index (χ1v) is 7.62. The van der Waals surface area contributed by atoms with Crippen molar-refractivity contribution >= 4 is 11.6 Å². The summed E-state index contributed by atoms with van der Waals surface area (Å²) in [5, 5.41) is 0.630. The molecule has 0 aliphatic rings. The number of benzene rings is 1. The van der Waals surface area contributed by atoms with Crippen LogP contribution < -0.4 is 10.5 Å². The minimum atomic E-state index is 0.0816. The molecule has 0 heterocycles. The molecule has 0 amide bonds. The van der Waals surface area contributed by atoms with Crippen molar-refractivity contribution in [2.45, 2.75) is 39.7 Å². The van der Waals surface area contributed by atoms with Gasteiger partial charge < -0.3 is 15.2 Å². The van der Waals surface area contributed by atoms with Gasteiger partial charge in [0.15, 0.2) is 0 Å². The lowest BCUT2D eigenvalue weighted by Crippen LogP contribution is -2.19. The molecule has 0 saturated heterocycles. The van der Waals surface area contributed by atoms with Crippen LogP contribution in [0.3, 0.4) is 0 Å². The van der Waals surface area contributed by atoms with Gasteiger partial charge in [-0.2, -0.15) is 0 Å². The van der Waals surface area contributed by atoms with Crippen molar-refractivity contribution in [3.8, 4) is 5.75 Å². The van der Waals surface area contributed by atoms with Gasteiger partial charge in [-0.1, -0.05) is 37.6 Å². The third-order valence-electron chi connectivity index (χ3n) is 2.90. The summed E-state index contributed by atoms with van der Waals surface area (Å²) in [5.41, 5.74) is 6.89. The fourth-order valence-electron chi connectivity index (χ4n) is 1.85. The van der Waals surface area contributed by atoms with E-state index in [0.717, 1.165) is 30.8 Å². The highest BCUT2D eigenvalue weighted by Crippen LogP contribution is 2.29. The van der Waals surface area contributed by atoms with Crippen molar-refractivity contribution in [1.29, 1.82) is 0 Å². The summed E-state index contributed by atoms with van der Waals surface area (Å²) in [4.78, 5) is 0. The molecule has 0 bridgehead atoms. The molecule has 0 saturated carbocycles. The summed E-state index contributed by atoms with van der Waals surface area (Å²) >= 11 is 6.19. The second-order valence-electron chi connectivity index (χ2n) is 5.55. The van der Waals surface area contributed by atoms with Crippen LogP contribution in [-0.4, -0.2) is 25.9 Å². The highest BCUT2D eigenvalue weighted by Gasteiger charge is 2.10. The van der Waals surface area contributed by atoms with Crippen molar-refractivity contribution in [2.75, 3.05) is 19.8 Å². The summed E-state index contributed by atoms with van der Waals surface area (Å²) in [7, 11) is 0. The lowest BCUT2D eigenvalue weighted by Gasteiger charge is -2.15. The van der Waals surface area contributed by atoms with Crippen LogP contribution in [0.1, 0.15) is 32.8 Å². The van der Waals surface area contributed by atoms with Crippen LogP contribution in [0.4, 0.5) is 0 Å². The number of ether oxygens (including phenoxy) is 2. The van der Waals surface area contributed by atoms with E-state index in [0.29, 0.717) is 24.2 Å². The van der Waals surface area contributed by atoms with E-state index in [-0.39, 0.29) is 6.04 Å². The predicted octanol–water partition coefficient (Wildman–Crippen LogP) is 3.67. The molecule has 1 rings (SSSR count). The highest BCUT2D eigenvalue weighted by molar-refractivity contribution is 6.32. The Morgan fingerprint density at radius 3 is 2.55 bits per heavy atom. The number of para-hydroxylation sites is 1. The topological polar surface area (TPSA) is 44.5 Å². The number of nitrogens with two attached hydrogens (primary N) is 1. The standard InChI is InChI=1S/C16H26ClNO2/c1-12(2)7-8-19-9-10-20-16-14(11-13(3)18)5-4-6-15(16)17/h4-6,12-13H,7-11,18H2,1-3H3. The zero-order valence-electron chi connectivity index (χ0n) is 12.7. The van der Waals surface area contributed by atoms with E-state index in [2.05, 4.69) is 13.8 Å². The Morgan fingerprint density at radius 1 is 1.15 bits per heavy atom. The van der Waals surface area contributed by atoms with E-state index in [1.54, 1.807) is 0 Å². The number of hydrogen-bond donors (Lipinski definition) is 1. The van der Waals surface area contributed by atoms with E-state index in [9.17, 15) is 0 Å². The zero-order chi connectivity index (χ0) is 15.0. The summed E-state index contributed by atoms with van der Waals surface area (Å²) in [6.07, 6.45) is 1.83. The van der Waals surface area contributed by atoms with Crippen molar-refractivity contribution in [3.63, 3.8) is 0 Å². The molecule has 2 N–H and O–H groups in total. The molecule has 114 valence electrons. The van der Waals surface area contributed by atoms with Gasteiger partial charge in [0, 0.05) is 12.6 Å². The minimum absolute atomic E-state index is 0.0816. The average molecular weight is 300 g/mol. The molecule has 0 aliphatic heterocycles. The smallest absolute Gasteiger partial charge is 0.141 e. The molecule has 1 aromatic rings. The first-order valence-electron chi connectivity index (χ1n) is 7.24. The van der Waals surface area contributed by atoms with Crippen LogP contribution >= 0.6 is 11.6 Å². The minimum Gasteiger partial charge on any atom is -0.489 e. The van der Waals surface area contributed by atoms with Crippen LogP contribution in [0.25, 0.3) is 0 Å². The Labute approximate surface area is 127 Å². The fraction of sp³-hybridized carbons (Fsp3) is 0.625. The molecule has 1 aromatic carbocycles. The maximum atomic E-state index is 6.19. The van der Waals surface area contributed by atoms with Gasteiger partial charge >= 0.3 is 0 Å². The molecule has 1 atom stereocenters. The first-order chi connectivity index (χ1) is 9.50. The van der Waals surface area contributed by atoms with Crippen LogP contribution in [0, 0.1) is 5.92 Å². The Bertz CT molecular complexity index is 394. The normalized spacial score (nSPS) is 12.7. The third kappa shape index (κ3) is 6.60. The van der Waals surface area contributed by atoms with E-state index < -0.39 is 0 Å². The monoisotopic (exact) mass is 299 g/mol. The van der Waals surface area contributed by atoms with E-state index in [1.807, 2.05) is 25.1 Å². The van der Waals surface area contributed by atoms with Gasteiger partial charge in [-0.25, -0.2) is 0 Å². The van der Waals surface area contributed by atoms with Crippen molar-refractivity contribution < 1.29 is 9.47 Å². The quantitative estimate of drug-likeness (QED) is 0.708. The van der Waals surface area contributed by atoms with Gasteiger partial charge in [-0.3, -0.25) is 0 Å². The van der Waals surface area contributed by atoms with E-state index in [1.165, 1.54) is 0 Å². The van der Waals surface area contributed by atoms with Crippen molar-refractivity contribution in [1.82, 2.24) is 0 Å². The SMILES string of the molecule is CC(C)CCOCCOc1c(Cl)cccc1CC(C)N. The third-order valence-corrected chi connectivity index (χ3v) is 3.20. The molecule has 0 aromatic heterocycles. The molecule has 0 fully saturated rings. The number of rotatable bonds is 9. The Kier molecular flexibility index (Phi) is 7.97. The first kappa shape index (κ1) is 17.3. The van der Waals surface area contributed by atoms with Crippen LogP contribution in [-0.2, 0) is 11.2 Å². The fourth-order valence-corrected chi connectivity index (χ4v) is 2.10. The molecular weight excluding hydrogens is 274 g/mol. The van der Waals surface area contributed by atoms with Gasteiger partial charge in [0.2, 0.25) is 0 Å². The predicted molar refractivity (Wildman–Crippen MR) is 84.6 cm³/mol. The molecule has 0 spiro atoms. The second-order valence-corrected chi connectivity index (χ2v) is 5.96. The Morgan fingerprint density at radius 2 is 1.90 bits per heavy atom. The molecule has 0 radical (unpaired) electrons. The molecular formula is C16H26ClNO2. The molecule has 0 aliphatic carbocycles. The van der Waals surface area contributed by atoms with Gasteiger partial charge in [0.1, 0.15) is 12.4 Å². The highest BCUT2D eigenvalue weighted by atomic mass is 35.5. The van der Waals surface area contributed by atoms with Gasteiger partial charge in [0.25, 0.3) is 0 Å². The lowest BCUT2D eigenvalue weighted by molar-refractivity contribution is 0.0923. The van der Waals surface area contributed by atoms with Gasteiger partial charge in [-0.15, -0.1) is 0 Å². The van der Waals surface area contributed by atoms with E-state index in [4.69, 9.17) is 26.8 Å². The summed E-state index contributed by atoms with van der Waals surface area (Å²) in [6.45, 7) is 8.20. The average Bonchev–Trinajstić information content (AvgIpc) is 2.35. The van der Waals surface area contributed by atoms with Gasteiger partial charge in [-0.05, 0) is 37.3 Å². The molecule has 4 heteroatoms. The summed E-state index contributed by atoms with van der Waals surface area (Å²) in [6, 6.07) is 5.84. The van der Waals surface area contributed by atoms with E-state index >= 15 is 0 Å². The molecule has 3 nitrogen and oxygen atoms in total. The maximum Gasteiger partial charge on any atom is 0.141 e. The van der Waals surface area contributed by atoms with Gasteiger partial charge in [0.05, 0.1) is 11.6 Å². The van der Waals surface area contributed by atoms with Crippen molar-refractivity contribution in [2.24, 2.45) is 11.7 Å². The second kappa shape index (κ2) is 9.22. The largest absolute Gasteiger partial charge is 0.489 e. The Balaban J connectivity index is 2.42. The van der Waals surface area contributed by atoms with Crippen LogP contribution in [0.5, 0.6) is 5.75 Å². The molecule has 1 unspecified atom stereocenters. The number of halogens is 1. The lowest BCUT2D eigenvalue weighted by atomic mass is 10.1. The van der Waals surface area contributed by atoms with Crippen LogP contribution in [0.15, 0.2) is 18.2 Å². The van der Waals surface area contributed by atoms with Crippen LogP contribution in [0.2, 0.25) is 5.02 Å². The summed E-state index contributed by atoms with van der Waals surface area (Å²) in [5.74, 6) is 1.40. The maximum absolute atomic E-state index is 6.19. The zero-order valence-corrected chi connectivity index (χ0v) is 13.5. The number of hydrogen-bond acceptors (Lipinski definition) is 3. The molecule has 20 heavy (non-hydrogen) atoms. The van der Waals surface area contributed by atoms with Crippen molar-refractivity contribution in [3.05, 3.63) is 28.8 Å².